The molecule has 0 amide bonds. The van der Waals surface area contributed by atoms with Crippen LogP contribution in [0.3, 0.4) is 0 Å². The van der Waals surface area contributed by atoms with Crippen molar-refractivity contribution in [3.05, 3.63) is 23.3 Å². The van der Waals surface area contributed by atoms with E-state index >= 15 is 0 Å². The molecule has 0 spiro atoms. The SMILES string of the molecule is CC=CC(=O)C(C)=C(CC)C(C)CC. The lowest BCUT2D eigenvalue weighted by Crippen LogP contribution is -2.05. The molecule has 14 heavy (non-hydrogen) atoms. The Balaban J connectivity index is 4.91. The monoisotopic (exact) mass is 194 g/mol. The highest BCUT2D eigenvalue weighted by molar-refractivity contribution is 6.04. The Morgan fingerprint density at radius 2 is 1.93 bits per heavy atom. The summed E-state index contributed by atoms with van der Waals surface area (Å²) in [6.45, 7) is 10.3. The molecule has 0 saturated carbocycles. The molecule has 0 aliphatic heterocycles. The first-order valence-electron chi connectivity index (χ1n) is 5.45. The van der Waals surface area contributed by atoms with Gasteiger partial charge in [0.15, 0.2) is 5.78 Å². The van der Waals surface area contributed by atoms with E-state index in [1.165, 1.54) is 5.57 Å². The van der Waals surface area contributed by atoms with Crippen LogP contribution in [0.1, 0.15) is 47.5 Å². The van der Waals surface area contributed by atoms with Gasteiger partial charge in [-0.05, 0) is 44.3 Å². The highest BCUT2D eigenvalue weighted by Gasteiger charge is 2.11. The number of hydrogen-bond acceptors (Lipinski definition) is 1. The Labute approximate surface area is 87.9 Å². The van der Waals surface area contributed by atoms with Gasteiger partial charge in [0.1, 0.15) is 0 Å². The van der Waals surface area contributed by atoms with E-state index in [9.17, 15) is 4.79 Å². The molecule has 0 aliphatic carbocycles. The van der Waals surface area contributed by atoms with Crippen molar-refractivity contribution in [2.24, 2.45) is 5.92 Å². The Hall–Kier alpha value is -0.850. The first-order chi connectivity index (χ1) is 6.58. The quantitative estimate of drug-likeness (QED) is 0.606. The molecule has 0 bridgehead atoms. The summed E-state index contributed by atoms with van der Waals surface area (Å²) < 4.78 is 0. The summed E-state index contributed by atoms with van der Waals surface area (Å²) in [4.78, 5) is 11.6. The largest absolute Gasteiger partial charge is 0.290 e. The molecule has 0 saturated heterocycles. The van der Waals surface area contributed by atoms with Crippen molar-refractivity contribution in [1.29, 1.82) is 0 Å². The van der Waals surface area contributed by atoms with Crippen LogP contribution in [0.25, 0.3) is 0 Å². The lowest BCUT2D eigenvalue weighted by molar-refractivity contribution is -0.111. The fourth-order valence-corrected chi connectivity index (χ4v) is 1.66. The smallest absolute Gasteiger partial charge is 0.181 e. The Bertz CT molecular complexity index is 246. The van der Waals surface area contributed by atoms with E-state index in [-0.39, 0.29) is 5.78 Å². The van der Waals surface area contributed by atoms with E-state index in [4.69, 9.17) is 0 Å². The van der Waals surface area contributed by atoms with E-state index in [0.717, 1.165) is 18.4 Å². The van der Waals surface area contributed by atoms with Crippen LogP contribution in [0.15, 0.2) is 23.3 Å². The summed E-state index contributed by atoms with van der Waals surface area (Å²) in [5, 5.41) is 0. The van der Waals surface area contributed by atoms with E-state index in [1.54, 1.807) is 12.2 Å². The molecule has 0 aromatic carbocycles. The summed E-state index contributed by atoms with van der Waals surface area (Å²) in [6.07, 6.45) is 5.52. The molecule has 1 nitrogen and oxygen atoms in total. The van der Waals surface area contributed by atoms with Gasteiger partial charge in [0, 0.05) is 0 Å². The van der Waals surface area contributed by atoms with Crippen molar-refractivity contribution in [1.82, 2.24) is 0 Å². The minimum absolute atomic E-state index is 0.157. The summed E-state index contributed by atoms with van der Waals surface area (Å²) >= 11 is 0. The molecule has 0 aliphatic rings. The molecule has 0 aromatic rings. The summed E-state index contributed by atoms with van der Waals surface area (Å²) in [6, 6.07) is 0. The van der Waals surface area contributed by atoms with Gasteiger partial charge in [-0.2, -0.15) is 0 Å². The van der Waals surface area contributed by atoms with Gasteiger partial charge in [0.05, 0.1) is 0 Å². The summed E-state index contributed by atoms with van der Waals surface area (Å²) in [7, 11) is 0. The number of carbonyl (C=O) groups is 1. The van der Waals surface area contributed by atoms with Gasteiger partial charge >= 0.3 is 0 Å². The van der Waals surface area contributed by atoms with Crippen LogP contribution in [-0.4, -0.2) is 5.78 Å². The van der Waals surface area contributed by atoms with Gasteiger partial charge in [-0.1, -0.05) is 32.4 Å². The molecule has 1 atom stereocenters. The molecular formula is C13H22O. The highest BCUT2D eigenvalue weighted by atomic mass is 16.1. The number of carbonyl (C=O) groups excluding carboxylic acids is 1. The fourth-order valence-electron chi connectivity index (χ4n) is 1.66. The van der Waals surface area contributed by atoms with Crippen LogP contribution >= 0.6 is 0 Å². The highest BCUT2D eigenvalue weighted by Crippen LogP contribution is 2.22. The van der Waals surface area contributed by atoms with Crippen molar-refractivity contribution in [3.8, 4) is 0 Å². The van der Waals surface area contributed by atoms with Gasteiger partial charge in [-0.3, -0.25) is 4.79 Å². The Morgan fingerprint density at radius 3 is 2.29 bits per heavy atom. The molecule has 80 valence electrons. The lowest BCUT2D eigenvalue weighted by atomic mass is 9.90. The average Bonchev–Trinajstić information content (AvgIpc) is 2.18. The minimum atomic E-state index is 0.157. The molecule has 0 radical (unpaired) electrons. The Kier molecular flexibility index (Phi) is 6.18. The zero-order chi connectivity index (χ0) is 11.1. The number of ketones is 1. The molecular weight excluding hydrogens is 172 g/mol. The average molecular weight is 194 g/mol. The molecule has 1 unspecified atom stereocenters. The number of allylic oxidation sites excluding steroid dienone is 4. The van der Waals surface area contributed by atoms with E-state index < -0.39 is 0 Å². The lowest BCUT2D eigenvalue weighted by Gasteiger charge is -2.15. The van der Waals surface area contributed by atoms with Crippen molar-refractivity contribution in [3.63, 3.8) is 0 Å². The molecule has 0 aromatic heterocycles. The first-order valence-corrected chi connectivity index (χ1v) is 5.45. The predicted octanol–water partition coefficient (Wildman–Crippen LogP) is 3.90. The van der Waals surface area contributed by atoms with Crippen molar-refractivity contribution >= 4 is 5.78 Å². The topological polar surface area (TPSA) is 17.1 Å². The normalized spacial score (nSPS) is 15.5. The van der Waals surface area contributed by atoms with Gasteiger partial charge < -0.3 is 0 Å². The third kappa shape index (κ3) is 3.49. The second-order valence-electron chi connectivity index (χ2n) is 3.68. The van der Waals surface area contributed by atoms with Crippen molar-refractivity contribution in [2.75, 3.05) is 0 Å². The summed E-state index contributed by atoms with van der Waals surface area (Å²) in [5.74, 6) is 0.679. The molecule has 0 N–H and O–H groups in total. The van der Waals surface area contributed by atoms with Crippen LogP contribution in [0, 0.1) is 5.92 Å². The Morgan fingerprint density at radius 1 is 1.36 bits per heavy atom. The maximum absolute atomic E-state index is 11.6. The van der Waals surface area contributed by atoms with Crippen LogP contribution < -0.4 is 0 Å². The van der Waals surface area contributed by atoms with E-state index in [2.05, 4.69) is 20.8 Å². The van der Waals surface area contributed by atoms with Gasteiger partial charge in [0.25, 0.3) is 0 Å². The fraction of sp³-hybridized carbons (Fsp3) is 0.615. The minimum Gasteiger partial charge on any atom is -0.290 e. The van der Waals surface area contributed by atoms with Crippen LogP contribution in [-0.2, 0) is 4.79 Å². The maximum Gasteiger partial charge on any atom is 0.181 e. The van der Waals surface area contributed by atoms with Crippen molar-refractivity contribution in [2.45, 2.75) is 47.5 Å². The van der Waals surface area contributed by atoms with E-state index in [0.29, 0.717) is 5.92 Å². The zero-order valence-corrected chi connectivity index (χ0v) is 10.1. The van der Waals surface area contributed by atoms with Gasteiger partial charge in [-0.15, -0.1) is 0 Å². The number of hydrogen-bond donors (Lipinski definition) is 0. The maximum atomic E-state index is 11.6. The second-order valence-corrected chi connectivity index (χ2v) is 3.68. The molecule has 0 rings (SSSR count). The number of rotatable bonds is 5. The first kappa shape index (κ1) is 13.2. The van der Waals surface area contributed by atoms with Gasteiger partial charge in [0.2, 0.25) is 0 Å². The van der Waals surface area contributed by atoms with Crippen molar-refractivity contribution < 1.29 is 4.79 Å². The van der Waals surface area contributed by atoms with Crippen LogP contribution in [0.5, 0.6) is 0 Å². The predicted molar refractivity (Wildman–Crippen MR) is 62.3 cm³/mol. The third-order valence-electron chi connectivity index (χ3n) is 2.76. The van der Waals surface area contributed by atoms with E-state index in [1.807, 2.05) is 13.8 Å². The standard InChI is InChI=1S/C13H22O/c1-6-9-13(14)11(5)12(8-3)10(4)7-2/h6,9-10H,7-8H2,1-5H3. The summed E-state index contributed by atoms with van der Waals surface area (Å²) in [5.41, 5.74) is 2.23. The van der Waals surface area contributed by atoms with Gasteiger partial charge in [-0.25, -0.2) is 0 Å². The molecule has 0 fully saturated rings. The molecule has 0 heterocycles. The second kappa shape index (κ2) is 6.58. The van der Waals surface area contributed by atoms with Crippen LogP contribution in [0.2, 0.25) is 0 Å². The molecule has 1 heteroatoms. The zero-order valence-electron chi connectivity index (χ0n) is 10.1. The van der Waals surface area contributed by atoms with Crippen LogP contribution in [0.4, 0.5) is 0 Å². The third-order valence-corrected chi connectivity index (χ3v) is 2.76.